The monoisotopic (exact) mass is 374 g/mol. The van der Waals surface area contributed by atoms with Crippen molar-refractivity contribution in [2.24, 2.45) is 0 Å². The second kappa shape index (κ2) is 7.29. The maximum Gasteiger partial charge on any atom is 0.511 e. The molecule has 0 saturated carbocycles. The maximum absolute atomic E-state index is 12.4. The lowest BCUT2D eigenvalue weighted by molar-refractivity contribution is -0.151. The first-order valence-corrected chi connectivity index (χ1v) is 8.91. The molecule has 140 valence electrons. The van der Waals surface area contributed by atoms with Gasteiger partial charge in [0.05, 0.1) is 5.92 Å². The third kappa shape index (κ3) is 3.06. The Morgan fingerprint density at radius 3 is 2.00 bits per heavy atom. The second-order valence-corrected chi connectivity index (χ2v) is 6.55. The van der Waals surface area contributed by atoms with Gasteiger partial charge in [0.1, 0.15) is 12.9 Å². The smallest absolute Gasteiger partial charge is 0.433 e. The first-order valence-electron chi connectivity index (χ1n) is 8.91. The van der Waals surface area contributed by atoms with Crippen LogP contribution in [0.25, 0.3) is 11.1 Å². The first kappa shape index (κ1) is 17.9. The highest BCUT2D eigenvalue weighted by atomic mass is 16.8. The van der Waals surface area contributed by atoms with Gasteiger partial charge in [-0.15, -0.1) is 0 Å². The zero-order valence-electron chi connectivity index (χ0n) is 14.9. The van der Waals surface area contributed by atoms with E-state index in [1.165, 1.54) is 0 Å². The molecule has 3 aromatic carbocycles. The molecule has 0 spiro atoms. The summed E-state index contributed by atoms with van der Waals surface area (Å²) in [5.74, 6) is -2.54. The number of carbonyl (C=O) groups is 2. The largest absolute Gasteiger partial charge is 0.511 e. The molecule has 0 aromatic heterocycles. The molecule has 1 N–H and O–H groups in total. The van der Waals surface area contributed by atoms with E-state index >= 15 is 0 Å². The zero-order chi connectivity index (χ0) is 19.6. The second-order valence-electron chi connectivity index (χ2n) is 6.55. The molecule has 0 saturated heterocycles. The molecule has 28 heavy (non-hydrogen) atoms. The van der Waals surface area contributed by atoms with Gasteiger partial charge in [-0.2, -0.15) is 0 Å². The summed E-state index contributed by atoms with van der Waals surface area (Å²) >= 11 is 0. The molecule has 3 aromatic rings. The van der Waals surface area contributed by atoms with Gasteiger partial charge in [-0.1, -0.05) is 78.9 Å². The highest BCUT2D eigenvalue weighted by Crippen LogP contribution is 2.48. The molecule has 1 aliphatic rings. The Hall–Kier alpha value is -3.44. The number of aldehydes is 1. The summed E-state index contributed by atoms with van der Waals surface area (Å²) in [6.45, 7) is -0.175. The van der Waals surface area contributed by atoms with Crippen LogP contribution in [0.15, 0.2) is 78.9 Å². The summed E-state index contributed by atoms with van der Waals surface area (Å²) in [5, 5.41) is 11.2. The molecule has 4 rings (SSSR count). The number of hydrogen-bond acceptors (Lipinski definition) is 5. The Kier molecular flexibility index (Phi) is 4.67. The molecule has 0 bridgehead atoms. The maximum atomic E-state index is 12.4. The number of rotatable bonds is 5. The van der Waals surface area contributed by atoms with Gasteiger partial charge < -0.3 is 19.4 Å². The van der Waals surface area contributed by atoms with E-state index in [0.717, 1.165) is 23.0 Å². The van der Waals surface area contributed by atoms with Crippen LogP contribution in [0.2, 0.25) is 0 Å². The lowest BCUT2D eigenvalue weighted by Crippen LogP contribution is -2.32. The summed E-state index contributed by atoms with van der Waals surface area (Å²) in [6.07, 6.45) is -0.325. The minimum absolute atomic E-state index is 0.175. The highest BCUT2D eigenvalue weighted by molar-refractivity contribution is 5.80. The van der Waals surface area contributed by atoms with Gasteiger partial charge >= 0.3 is 6.16 Å². The number of ether oxygens (including phenoxy) is 2. The Labute approximate surface area is 162 Å². The van der Waals surface area contributed by atoms with Crippen molar-refractivity contribution in [1.82, 2.24) is 0 Å². The van der Waals surface area contributed by atoms with Crippen molar-refractivity contribution in [3.05, 3.63) is 95.6 Å². The van der Waals surface area contributed by atoms with Gasteiger partial charge in [-0.05, 0) is 16.7 Å². The van der Waals surface area contributed by atoms with Gasteiger partial charge in [0.25, 0.3) is 5.79 Å². The summed E-state index contributed by atoms with van der Waals surface area (Å²) in [6, 6.07) is 23.4. The van der Waals surface area contributed by atoms with Crippen LogP contribution in [0, 0.1) is 0 Å². The number of hydrogen-bond donors (Lipinski definition) is 1. The zero-order valence-corrected chi connectivity index (χ0v) is 14.9. The number of benzene rings is 3. The van der Waals surface area contributed by atoms with E-state index in [2.05, 4.69) is 0 Å². The lowest BCUT2D eigenvalue weighted by atomic mass is 10.0. The van der Waals surface area contributed by atoms with Crippen LogP contribution in [0.4, 0.5) is 4.79 Å². The Balaban J connectivity index is 1.54. The molecule has 5 nitrogen and oxygen atoms in total. The van der Waals surface area contributed by atoms with E-state index in [1.807, 2.05) is 30.3 Å². The fraction of sp³-hybridized carbons (Fsp3) is 0.130. The molecular weight excluding hydrogens is 356 g/mol. The summed E-state index contributed by atoms with van der Waals surface area (Å²) in [4.78, 5) is 23.7. The molecule has 5 heteroatoms. The van der Waals surface area contributed by atoms with Crippen molar-refractivity contribution in [2.45, 2.75) is 11.7 Å². The Morgan fingerprint density at radius 2 is 1.43 bits per heavy atom. The molecule has 1 aliphatic carbocycles. The Morgan fingerprint density at radius 1 is 0.893 bits per heavy atom. The topological polar surface area (TPSA) is 72.8 Å². The molecule has 1 unspecified atom stereocenters. The molecule has 1 atom stereocenters. The highest BCUT2D eigenvalue weighted by Gasteiger charge is 2.45. The summed E-state index contributed by atoms with van der Waals surface area (Å²) in [7, 11) is 0. The molecule has 0 amide bonds. The van der Waals surface area contributed by atoms with Crippen LogP contribution >= 0.6 is 0 Å². The quantitative estimate of drug-likeness (QED) is 0.415. The number of carbonyl (C=O) groups excluding carboxylic acids is 2. The standard InChI is InChI=1S/C23H18O5/c24-14-17(16-8-2-1-3-9-16)15-27-22(25)28-23(26)20-12-6-4-10-18(20)19-11-5-7-13-21(19)23/h1-14,17,26H,15H2. The van der Waals surface area contributed by atoms with Gasteiger partial charge in [0.15, 0.2) is 0 Å². The van der Waals surface area contributed by atoms with Crippen LogP contribution in [-0.4, -0.2) is 24.2 Å². The van der Waals surface area contributed by atoms with E-state index in [9.17, 15) is 14.7 Å². The van der Waals surface area contributed by atoms with Gasteiger partial charge in [0.2, 0.25) is 0 Å². The van der Waals surface area contributed by atoms with Crippen molar-refractivity contribution in [3.8, 4) is 11.1 Å². The average molecular weight is 374 g/mol. The normalized spacial score (nSPS) is 14.5. The van der Waals surface area contributed by atoms with Crippen molar-refractivity contribution in [3.63, 3.8) is 0 Å². The van der Waals surface area contributed by atoms with Crippen LogP contribution in [-0.2, 0) is 20.1 Å². The van der Waals surface area contributed by atoms with Gasteiger partial charge in [0, 0.05) is 11.1 Å². The van der Waals surface area contributed by atoms with E-state index in [0.29, 0.717) is 11.1 Å². The fourth-order valence-corrected chi connectivity index (χ4v) is 3.50. The summed E-state index contributed by atoms with van der Waals surface area (Å²) in [5.41, 5.74) is 3.28. The predicted octanol–water partition coefficient (Wildman–Crippen LogP) is 4.00. The minimum atomic E-state index is -1.94. The number of aliphatic hydroxyl groups is 1. The Bertz CT molecular complexity index is 967. The molecule has 0 heterocycles. The van der Waals surface area contributed by atoms with Crippen LogP contribution in [0.5, 0.6) is 0 Å². The molecular formula is C23H18O5. The van der Waals surface area contributed by atoms with Gasteiger partial charge in [-0.25, -0.2) is 4.79 Å². The van der Waals surface area contributed by atoms with Crippen molar-refractivity contribution < 1.29 is 24.2 Å². The third-order valence-corrected chi connectivity index (χ3v) is 4.88. The predicted molar refractivity (Wildman–Crippen MR) is 103 cm³/mol. The first-order chi connectivity index (χ1) is 13.6. The van der Waals surface area contributed by atoms with E-state index in [4.69, 9.17) is 9.47 Å². The summed E-state index contributed by atoms with van der Waals surface area (Å²) < 4.78 is 10.5. The van der Waals surface area contributed by atoms with E-state index in [-0.39, 0.29) is 6.61 Å². The van der Waals surface area contributed by atoms with Crippen molar-refractivity contribution in [1.29, 1.82) is 0 Å². The van der Waals surface area contributed by atoms with Crippen LogP contribution in [0.3, 0.4) is 0 Å². The third-order valence-electron chi connectivity index (χ3n) is 4.88. The van der Waals surface area contributed by atoms with Crippen LogP contribution in [0.1, 0.15) is 22.6 Å². The molecule has 0 radical (unpaired) electrons. The minimum Gasteiger partial charge on any atom is -0.433 e. The van der Waals surface area contributed by atoms with E-state index < -0.39 is 17.9 Å². The SMILES string of the molecule is O=CC(COC(=O)OC1(O)c2ccccc2-c2ccccc21)c1ccccc1. The lowest BCUT2D eigenvalue weighted by Gasteiger charge is -2.25. The van der Waals surface area contributed by atoms with E-state index in [1.54, 1.807) is 48.5 Å². The molecule has 0 fully saturated rings. The van der Waals surface area contributed by atoms with Crippen LogP contribution < -0.4 is 0 Å². The van der Waals surface area contributed by atoms with Crippen molar-refractivity contribution >= 4 is 12.4 Å². The fourth-order valence-electron chi connectivity index (χ4n) is 3.50. The van der Waals surface area contributed by atoms with Crippen molar-refractivity contribution in [2.75, 3.05) is 6.61 Å². The molecule has 0 aliphatic heterocycles. The number of fused-ring (bicyclic) bond motifs is 3. The van der Waals surface area contributed by atoms with Gasteiger partial charge in [-0.3, -0.25) is 0 Å². The average Bonchev–Trinajstić information content (AvgIpc) is 2.98.